The minimum absolute atomic E-state index is 0.0872. The van der Waals surface area contributed by atoms with Gasteiger partial charge in [0.1, 0.15) is 0 Å². The number of alkyl carbamates (subject to hydrolysis) is 1. The first kappa shape index (κ1) is 25.5. The lowest BCUT2D eigenvalue weighted by Crippen LogP contribution is -2.46. The van der Waals surface area contributed by atoms with Crippen LogP contribution in [0.15, 0.2) is 53.3 Å². The largest absolute Gasteiger partial charge is 0.450 e. The van der Waals surface area contributed by atoms with Gasteiger partial charge in [-0.15, -0.1) is 0 Å². The molecule has 4 rings (SSSR count). The van der Waals surface area contributed by atoms with Gasteiger partial charge in [0.05, 0.1) is 22.9 Å². The van der Waals surface area contributed by atoms with Crippen LogP contribution in [0.25, 0.3) is 17.1 Å². The van der Waals surface area contributed by atoms with E-state index in [-0.39, 0.29) is 30.1 Å². The van der Waals surface area contributed by atoms with Crippen molar-refractivity contribution in [2.24, 2.45) is 0 Å². The van der Waals surface area contributed by atoms with Crippen molar-refractivity contribution < 1.29 is 22.7 Å². The predicted octanol–water partition coefficient (Wildman–Crippen LogP) is 4.68. The molecule has 2 aromatic carbocycles. The molecule has 0 unspecified atom stereocenters. The molecule has 0 saturated carbocycles. The first-order valence-corrected chi connectivity index (χ1v) is 11.7. The summed E-state index contributed by atoms with van der Waals surface area (Å²) in [4.78, 5) is 35.4. The fourth-order valence-corrected chi connectivity index (χ4v) is 4.18. The Balaban J connectivity index is 1.69. The van der Waals surface area contributed by atoms with Gasteiger partial charge in [-0.1, -0.05) is 23.7 Å². The summed E-state index contributed by atoms with van der Waals surface area (Å²) in [6.07, 6.45) is -3.81. The first-order valence-electron chi connectivity index (χ1n) is 11.3. The molecule has 1 aromatic heterocycles. The molecule has 0 atom stereocenters. The maximum Gasteiger partial charge on any atom is 0.416 e. The summed E-state index contributed by atoms with van der Waals surface area (Å²) in [5, 5.41) is 3.12. The number of rotatable bonds is 5. The number of alkyl halides is 3. The van der Waals surface area contributed by atoms with Crippen molar-refractivity contribution in [2.75, 3.05) is 24.6 Å². The summed E-state index contributed by atoms with van der Waals surface area (Å²) in [7, 11) is 0. The van der Waals surface area contributed by atoms with Crippen LogP contribution in [-0.4, -0.2) is 46.4 Å². The van der Waals surface area contributed by atoms with E-state index in [2.05, 4.69) is 15.3 Å². The van der Waals surface area contributed by atoms with Crippen LogP contribution in [0.2, 0.25) is 5.02 Å². The van der Waals surface area contributed by atoms with Gasteiger partial charge in [-0.05, 0) is 56.2 Å². The molecule has 2 heterocycles. The summed E-state index contributed by atoms with van der Waals surface area (Å²) in [5.41, 5.74) is -0.942. The van der Waals surface area contributed by atoms with E-state index in [1.807, 2.05) is 4.90 Å². The molecule has 1 aliphatic rings. The molecule has 12 heteroatoms. The lowest BCUT2D eigenvalue weighted by Gasteiger charge is -2.32. The van der Waals surface area contributed by atoms with Crippen LogP contribution >= 0.6 is 11.6 Å². The molecule has 1 N–H and O–H groups in total. The van der Waals surface area contributed by atoms with E-state index in [0.717, 1.165) is 16.7 Å². The van der Waals surface area contributed by atoms with Crippen LogP contribution in [0.1, 0.15) is 25.3 Å². The lowest BCUT2D eigenvalue weighted by molar-refractivity contribution is -0.137. The van der Waals surface area contributed by atoms with Crippen molar-refractivity contribution in [3.8, 4) is 17.1 Å². The number of carbonyl (C=O) groups excluding carboxylic acids is 1. The number of halogens is 4. The summed E-state index contributed by atoms with van der Waals surface area (Å²) >= 11 is 6.40. The van der Waals surface area contributed by atoms with E-state index in [0.29, 0.717) is 36.5 Å². The fourth-order valence-electron chi connectivity index (χ4n) is 3.96. The number of anilines is 1. The zero-order valence-corrected chi connectivity index (χ0v) is 20.0. The Kier molecular flexibility index (Phi) is 7.48. The summed E-state index contributed by atoms with van der Waals surface area (Å²) in [6.45, 7) is 2.95. The Morgan fingerprint density at radius 1 is 1.11 bits per heavy atom. The van der Waals surface area contributed by atoms with Crippen LogP contribution in [0, 0.1) is 0 Å². The van der Waals surface area contributed by atoms with Gasteiger partial charge >= 0.3 is 18.0 Å². The SMILES string of the molecule is CCOC(=O)NC1CCN(c2nc(-c3ccccc3Cl)n(-c3ccc(C(F)(F)F)cc3)c(=O)n2)CC1. The second-order valence-electron chi connectivity index (χ2n) is 8.12. The van der Waals surface area contributed by atoms with E-state index < -0.39 is 23.5 Å². The highest BCUT2D eigenvalue weighted by atomic mass is 35.5. The number of carbonyl (C=O) groups is 1. The summed E-state index contributed by atoms with van der Waals surface area (Å²) < 4.78 is 45.2. The van der Waals surface area contributed by atoms with Crippen molar-refractivity contribution in [3.05, 3.63) is 69.6 Å². The van der Waals surface area contributed by atoms with Crippen molar-refractivity contribution in [1.29, 1.82) is 0 Å². The molecule has 0 spiro atoms. The van der Waals surface area contributed by atoms with Crippen molar-refractivity contribution in [2.45, 2.75) is 32.0 Å². The molecule has 190 valence electrons. The van der Waals surface area contributed by atoms with Crippen LogP contribution in [0.5, 0.6) is 0 Å². The van der Waals surface area contributed by atoms with E-state index in [1.54, 1.807) is 31.2 Å². The minimum atomic E-state index is -4.51. The molecule has 1 saturated heterocycles. The molecule has 0 aliphatic carbocycles. The number of hydrogen-bond donors (Lipinski definition) is 1. The van der Waals surface area contributed by atoms with Crippen LogP contribution < -0.4 is 15.9 Å². The topological polar surface area (TPSA) is 89.4 Å². The van der Waals surface area contributed by atoms with Gasteiger partial charge in [0.25, 0.3) is 0 Å². The van der Waals surface area contributed by atoms with Crippen LogP contribution in [0.3, 0.4) is 0 Å². The van der Waals surface area contributed by atoms with Gasteiger partial charge in [0.2, 0.25) is 5.95 Å². The first-order chi connectivity index (χ1) is 17.2. The smallest absolute Gasteiger partial charge is 0.416 e. The molecule has 36 heavy (non-hydrogen) atoms. The van der Waals surface area contributed by atoms with Crippen LogP contribution in [0.4, 0.5) is 23.9 Å². The molecule has 1 fully saturated rings. The van der Waals surface area contributed by atoms with Gasteiger partial charge in [-0.25, -0.2) is 14.2 Å². The third-order valence-corrected chi connectivity index (χ3v) is 6.08. The van der Waals surface area contributed by atoms with Gasteiger partial charge in [0.15, 0.2) is 5.82 Å². The average molecular weight is 522 g/mol. The second kappa shape index (κ2) is 10.6. The second-order valence-corrected chi connectivity index (χ2v) is 8.52. The Hall–Kier alpha value is -3.60. The van der Waals surface area contributed by atoms with E-state index in [4.69, 9.17) is 16.3 Å². The van der Waals surface area contributed by atoms with Gasteiger partial charge in [-0.2, -0.15) is 23.1 Å². The maximum atomic E-state index is 13.2. The number of nitrogens with one attached hydrogen (secondary N) is 1. The Morgan fingerprint density at radius 3 is 2.39 bits per heavy atom. The molecule has 1 aliphatic heterocycles. The normalized spacial score (nSPS) is 14.5. The highest BCUT2D eigenvalue weighted by molar-refractivity contribution is 6.33. The zero-order valence-electron chi connectivity index (χ0n) is 19.3. The monoisotopic (exact) mass is 521 g/mol. The van der Waals surface area contributed by atoms with Crippen molar-refractivity contribution >= 4 is 23.6 Å². The quantitative estimate of drug-likeness (QED) is 0.524. The van der Waals surface area contributed by atoms with Crippen molar-refractivity contribution in [3.63, 3.8) is 0 Å². The molecule has 0 bridgehead atoms. The Bertz CT molecular complexity index is 1290. The molecule has 3 aromatic rings. The van der Waals surface area contributed by atoms with Gasteiger partial charge in [-0.3, -0.25) is 0 Å². The minimum Gasteiger partial charge on any atom is -0.450 e. The third-order valence-electron chi connectivity index (χ3n) is 5.75. The van der Waals surface area contributed by atoms with Gasteiger partial charge < -0.3 is 15.0 Å². The maximum absolute atomic E-state index is 13.2. The van der Waals surface area contributed by atoms with E-state index >= 15 is 0 Å². The Morgan fingerprint density at radius 2 is 1.78 bits per heavy atom. The number of amides is 1. The molecule has 0 radical (unpaired) electrons. The van der Waals surface area contributed by atoms with E-state index in [1.165, 1.54) is 12.1 Å². The highest BCUT2D eigenvalue weighted by Crippen LogP contribution is 2.31. The van der Waals surface area contributed by atoms with Crippen molar-refractivity contribution in [1.82, 2.24) is 19.9 Å². The fraction of sp³-hybridized carbons (Fsp3) is 0.333. The zero-order chi connectivity index (χ0) is 25.9. The lowest BCUT2D eigenvalue weighted by atomic mass is 10.1. The summed E-state index contributed by atoms with van der Waals surface area (Å²) in [6, 6.07) is 10.8. The standard InChI is InChI=1S/C24H23ClF3N5O3/c1-2-36-23(35)29-16-11-13-32(14-12-16)21-30-20(18-5-3-4-6-19(18)25)33(22(34)31-21)17-9-7-15(8-10-17)24(26,27)28/h3-10,16H,2,11-14H2,1H3,(H,29,35). The number of nitrogens with zero attached hydrogens (tertiary/aromatic N) is 4. The average Bonchev–Trinajstić information content (AvgIpc) is 2.84. The molecule has 8 nitrogen and oxygen atoms in total. The number of benzene rings is 2. The van der Waals surface area contributed by atoms with E-state index in [9.17, 15) is 22.8 Å². The molecular weight excluding hydrogens is 499 g/mol. The summed E-state index contributed by atoms with van der Waals surface area (Å²) in [5.74, 6) is 0.329. The number of piperidine rings is 1. The molecular formula is C24H23ClF3N5O3. The number of hydrogen-bond acceptors (Lipinski definition) is 6. The van der Waals surface area contributed by atoms with Crippen LogP contribution in [-0.2, 0) is 10.9 Å². The van der Waals surface area contributed by atoms with Gasteiger partial charge in [0, 0.05) is 24.7 Å². The molecule has 1 amide bonds. The Labute approximate surface area is 209 Å². The third kappa shape index (κ3) is 5.62. The number of aromatic nitrogens is 3. The highest BCUT2D eigenvalue weighted by Gasteiger charge is 2.30. The number of ether oxygens (including phenoxy) is 1. The predicted molar refractivity (Wildman–Crippen MR) is 128 cm³/mol.